The van der Waals surface area contributed by atoms with Crippen LogP contribution in [0, 0.1) is 13.8 Å². The van der Waals surface area contributed by atoms with Gasteiger partial charge in [-0.25, -0.2) is 0 Å². The Labute approximate surface area is 156 Å². The molecule has 0 aliphatic carbocycles. The summed E-state index contributed by atoms with van der Waals surface area (Å²) in [4.78, 5) is 13.6. The molecule has 0 aliphatic heterocycles. The number of carbonyl (C=O) groups excluding carboxylic acids is 1. The molecule has 2 heteroatoms. The Morgan fingerprint density at radius 2 is 1.19 bits per heavy atom. The van der Waals surface area contributed by atoms with Crippen LogP contribution in [0.3, 0.4) is 0 Å². The van der Waals surface area contributed by atoms with E-state index in [2.05, 4.69) is 80.6 Å². The van der Waals surface area contributed by atoms with E-state index in [4.69, 9.17) is 0 Å². The van der Waals surface area contributed by atoms with Gasteiger partial charge in [0.1, 0.15) is 0 Å². The molecule has 3 aromatic rings. The molecule has 0 radical (unpaired) electrons. The van der Waals surface area contributed by atoms with E-state index < -0.39 is 0 Å². The van der Waals surface area contributed by atoms with Crippen LogP contribution in [0.15, 0.2) is 66.7 Å². The average molecular weight is 343 g/mol. The first kappa shape index (κ1) is 17.9. The van der Waals surface area contributed by atoms with Crippen molar-refractivity contribution in [3.8, 4) is 22.3 Å². The van der Waals surface area contributed by atoms with Crippen molar-refractivity contribution in [3.05, 3.63) is 83.4 Å². The number of benzene rings is 3. The standard InChI is InChI=1S/C24H25NO/c1-17-8-12-20(13-9-17)22-6-5-7-23(21-14-10-18(2)11-15-21)24(22)16-25(4)19(3)26/h5-15H,16H2,1-4H3. The van der Waals surface area contributed by atoms with E-state index in [1.54, 1.807) is 11.8 Å². The highest BCUT2D eigenvalue weighted by molar-refractivity contribution is 5.80. The molecule has 0 spiro atoms. The molecule has 0 atom stereocenters. The van der Waals surface area contributed by atoms with Gasteiger partial charge >= 0.3 is 0 Å². The van der Waals surface area contributed by atoms with Gasteiger partial charge in [-0.1, -0.05) is 77.9 Å². The Balaban J connectivity index is 2.17. The number of nitrogens with zero attached hydrogens (tertiary/aromatic N) is 1. The van der Waals surface area contributed by atoms with Gasteiger partial charge in [0, 0.05) is 20.5 Å². The lowest BCUT2D eigenvalue weighted by Crippen LogP contribution is -2.23. The minimum absolute atomic E-state index is 0.0681. The Hall–Kier alpha value is -2.87. The molecular formula is C24H25NO. The van der Waals surface area contributed by atoms with Crippen LogP contribution in [0.25, 0.3) is 22.3 Å². The number of hydrogen-bond acceptors (Lipinski definition) is 1. The third-order valence-corrected chi connectivity index (χ3v) is 4.83. The molecule has 2 nitrogen and oxygen atoms in total. The van der Waals surface area contributed by atoms with Crippen LogP contribution in [-0.4, -0.2) is 17.9 Å². The van der Waals surface area contributed by atoms with E-state index in [-0.39, 0.29) is 5.91 Å². The Kier molecular flexibility index (Phi) is 5.22. The number of amides is 1. The van der Waals surface area contributed by atoms with Crippen LogP contribution >= 0.6 is 0 Å². The first-order valence-corrected chi connectivity index (χ1v) is 8.93. The van der Waals surface area contributed by atoms with E-state index in [1.807, 2.05) is 7.05 Å². The Morgan fingerprint density at radius 3 is 1.58 bits per heavy atom. The summed E-state index contributed by atoms with van der Waals surface area (Å²) in [5, 5.41) is 0. The van der Waals surface area contributed by atoms with Gasteiger partial charge in [0.05, 0.1) is 0 Å². The van der Waals surface area contributed by atoms with Crippen LogP contribution in [0.1, 0.15) is 23.6 Å². The zero-order chi connectivity index (χ0) is 18.7. The second-order valence-electron chi connectivity index (χ2n) is 6.94. The molecule has 1 amide bonds. The van der Waals surface area contributed by atoms with E-state index >= 15 is 0 Å². The molecule has 0 fully saturated rings. The van der Waals surface area contributed by atoms with E-state index in [0.717, 1.165) is 0 Å². The molecule has 0 N–H and O–H groups in total. The fourth-order valence-corrected chi connectivity index (χ4v) is 3.11. The molecule has 132 valence electrons. The summed E-state index contributed by atoms with van der Waals surface area (Å²) >= 11 is 0. The molecule has 0 heterocycles. The number of carbonyl (C=O) groups is 1. The zero-order valence-electron chi connectivity index (χ0n) is 15.9. The first-order chi connectivity index (χ1) is 12.5. The topological polar surface area (TPSA) is 20.3 Å². The summed E-state index contributed by atoms with van der Waals surface area (Å²) in [5.74, 6) is 0.0681. The summed E-state index contributed by atoms with van der Waals surface area (Å²) in [6, 6.07) is 23.5. The lowest BCUT2D eigenvalue weighted by Gasteiger charge is -2.21. The van der Waals surface area contributed by atoms with E-state index in [1.165, 1.54) is 38.9 Å². The highest BCUT2D eigenvalue weighted by Gasteiger charge is 2.15. The van der Waals surface area contributed by atoms with Crippen LogP contribution < -0.4 is 0 Å². The van der Waals surface area contributed by atoms with Crippen LogP contribution in [0.5, 0.6) is 0 Å². The molecule has 0 saturated carbocycles. The quantitative estimate of drug-likeness (QED) is 0.602. The van der Waals surface area contributed by atoms with Crippen molar-refractivity contribution in [1.82, 2.24) is 4.90 Å². The maximum Gasteiger partial charge on any atom is 0.219 e. The van der Waals surface area contributed by atoms with Crippen molar-refractivity contribution in [2.45, 2.75) is 27.3 Å². The van der Waals surface area contributed by atoms with E-state index in [9.17, 15) is 4.79 Å². The van der Waals surface area contributed by atoms with Gasteiger partial charge in [0.15, 0.2) is 0 Å². The zero-order valence-corrected chi connectivity index (χ0v) is 15.9. The Morgan fingerprint density at radius 1 is 0.769 bits per heavy atom. The molecule has 26 heavy (non-hydrogen) atoms. The van der Waals surface area contributed by atoms with E-state index in [0.29, 0.717) is 6.54 Å². The van der Waals surface area contributed by atoms with Gasteiger partial charge in [-0.2, -0.15) is 0 Å². The fraction of sp³-hybridized carbons (Fsp3) is 0.208. The van der Waals surface area contributed by atoms with Crippen molar-refractivity contribution in [2.75, 3.05) is 7.05 Å². The van der Waals surface area contributed by atoms with Crippen LogP contribution in [-0.2, 0) is 11.3 Å². The highest BCUT2D eigenvalue weighted by atomic mass is 16.2. The third kappa shape index (κ3) is 3.85. The van der Waals surface area contributed by atoms with Crippen molar-refractivity contribution in [2.24, 2.45) is 0 Å². The number of aryl methyl sites for hydroxylation is 2. The third-order valence-electron chi connectivity index (χ3n) is 4.83. The monoisotopic (exact) mass is 343 g/mol. The normalized spacial score (nSPS) is 10.6. The summed E-state index contributed by atoms with van der Waals surface area (Å²) in [6.45, 7) is 6.39. The fourth-order valence-electron chi connectivity index (χ4n) is 3.11. The molecular weight excluding hydrogens is 318 g/mol. The van der Waals surface area contributed by atoms with Gasteiger partial charge in [-0.05, 0) is 41.7 Å². The van der Waals surface area contributed by atoms with Gasteiger partial charge in [-0.15, -0.1) is 0 Å². The summed E-state index contributed by atoms with van der Waals surface area (Å²) in [5.41, 5.74) is 8.37. The van der Waals surface area contributed by atoms with Gasteiger partial charge < -0.3 is 4.90 Å². The lowest BCUT2D eigenvalue weighted by atomic mass is 9.91. The first-order valence-electron chi connectivity index (χ1n) is 8.93. The predicted octanol–water partition coefficient (Wildman–Crippen LogP) is 5.62. The van der Waals surface area contributed by atoms with Crippen molar-refractivity contribution in [3.63, 3.8) is 0 Å². The lowest BCUT2D eigenvalue weighted by molar-refractivity contribution is -0.128. The molecule has 0 saturated heterocycles. The molecule has 0 bridgehead atoms. The van der Waals surface area contributed by atoms with Gasteiger partial charge in [-0.3, -0.25) is 4.79 Å². The van der Waals surface area contributed by atoms with Crippen LogP contribution in [0.4, 0.5) is 0 Å². The second kappa shape index (κ2) is 7.57. The largest absolute Gasteiger partial charge is 0.342 e. The second-order valence-corrected chi connectivity index (χ2v) is 6.94. The Bertz CT molecular complexity index is 844. The minimum atomic E-state index is 0.0681. The SMILES string of the molecule is CC(=O)N(C)Cc1c(-c2ccc(C)cc2)cccc1-c1ccc(C)cc1. The predicted molar refractivity (Wildman–Crippen MR) is 109 cm³/mol. The van der Waals surface area contributed by atoms with Gasteiger partial charge in [0.25, 0.3) is 0 Å². The van der Waals surface area contributed by atoms with Crippen molar-refractivity contribution >= 4 is 5.91 Å². The maximum atomic E-state index is 11.9. The average Bonchev–Trinajstić information content (AvgIpc) is 2.63. The van der Waals surface area contributed by atoms with Crippen LogP contribution in [0.2, 0.25) is 0 Å². The smallest absolute Gasteiger partial charge is 0.219 e. The maximum absolute atomic E-state index is 11.9. The van der Waals surface area contributed by atoms with Crippen molar-refractivity contribution < 1.29 is 4.79 Å². The summed E-state index contributed by atoms with van der Waals surface area (Å²) in [7, 11) is 1.85. The minimum Gasteiger partial charge on any atom is -0.342 e. The van der Waals surface area contributed by atoms with Crippen molar-refractivity contribution in [1.29, 1.82) is 0 Å². The highest BCUT2D eigenvalue weighted by Crippen LogP contribution is 2.33. The summed E-state index contributed by atoms with van der Waals surface area (Å²) in [6.07, 6.45) is 0. The summed E-state index contributed by atoms with van der Waals surface area (Å²) < 4.78 is 0. The molecule has 0 unspecified atom stereocenters. The number of hydrogen-bond donors (Lipinski definition) is 0. The molecule has 0 aromatic heterocycles. The molecule has 3 rings (SSSR count). The van der Waals surface area contributed by atoms with Gasteiger partial charge in [0.2, 0.25) is 5.91 Å². The number of rotatable bonds is 4. The molecule has 3 aromatic carbocycles. The molecule has 0 aliphatic rings.